The van der Waals surface area contributed by atoms with Crippen molar-refractivity contribution >= 4 is 5.97 Å². The first kappa shape index (κ1) is 13.7. The molecule has 0 aromatic heterocycles. The van der Waals surface area contributed by atoms with Crippen LogP contribution in [0, 0.1) is 0 Å². The molecule has 0 spiro atoms. The van der Waals surface area contributed by atoms with E-state index in [9.17, 15) is 9.90 Å². The van der Waals surface area contributed by atoms with Gasteiger partial charge < -0.3 is 9.84 Å². The van der Waals surface area contributed by atoms with Gasteiger partial charge in [-0.05, 0) is 18.4 Å². The van der Waals surface area contributed by atoms with Crippen molar-refractivity contribution in [1.29, 1.82) is 0 Å². The number of methoxy groups -OCH3 is 1. The van der Waals surface area contributed by atoms with E-state index in [1.54, 1.807) is 0 Å². The van der Waals surface area contributed by atoms with Crippen molar-refractivity contribution in [2.24, 2.45) is 0 Å². The maximum Gasteiger partial charge on any atom is 0.305 e. The Morgan fingerprint density at radius 2 is 2.00 bits per heavy atom. The van der Waals surface area contributed by atoms with Crippen LogP contribution in [-0.4, -0.2) is 24.8 Å². The van der Waals surface area contributed by atoms with Gasteiger partial charge in [-0.1, -0.05) is 36.8 Å². The molecule has 0 heterocycles. The van der Waals surface area contributed by atoms with Crippen LogP contribution in [0.2, 0.25) is 0 Å². The van der Waals surface area contributed by atoms with E-state index < -0.39 is 0 Å². The minimum absolute atomic E-state index is 0.155. The van der Waals surface area contributed by atoms with E-state index in [1.807, 2.05) is 30.3 Å². The lowest BCUT2D eigenvalue weighted by molar-refractivity contribution is -0.140. The zero-order valence-corrected chi connectivity index (χ0v) is 10.3. The molecule has 0 aliphatic rings. The number of hydrogen-bond donors (Lipinski definition) is 1. The molecule has 0 bridgehead atoms. The highest BCUT2D eigenvalue weighted by Gasteiger charge is 2.10. The summed E-state index contributed by atoms with van der Waals surface area (Å²) in [5.74, 6) is 0.0131. The van der Waals surface area contributed by atoms with Gasteiger partial charge in [-0.15, -0.1) is 0 Å². The maximum atomic E-state index is 10.9. The summed E-state index contributed by atoms with van der Waals surface area (Å²) in [4.78, 5) is 10.9. The fourth-order valence-corrected chi connectivity index (χ4v) is 1.85. The summed E-state index contributed by atoms with van der Waals surface area (Å²) in [7, 11) is 1.41. The number of benzene rings is 1. The van der Waals surface area contributed by atoms with Crippen LogP contribution in [0.4, 0.5) is 0 Å². The van der Waals surface area contributed by atoms with E-state index >= 15 is 0 Å². The molecule has 0 fully saturated rings. The average molecular weight is 236 g/mol. The number of hydrogen-bond acceptors (Lipinski definition) is 3. The van der Waals surface area contributed by atoms with Crippen LogP contribution >= 0.6 is 0 Å². The second-order valence-corrected chi connectivity index (χ2v) is 4.11. The molecule has 3 nitrogen and oxygen atoms in total. The molecular weight excluding hydrogens is 216 g/mol. The molecule has 94 valence electrons. The molecule has 0 aliphatic carbocycles. The highest BCUT2D eigenvalue weighted by atomic mass is 16.5. The van der Waals surface area contributed by atoms with Crippen molar-refractivity contribution in [1.82, 2.24) is 0 Å². The Bertz CT molecular complexity index is 321. The van der Waals surface area contributed by atoms with Crippen LogP contribution in [0.25, 0.3) is 0 Å². The van der Waals surface area contributed by atoms with Gasteiger partial charge in [0.1, 0.15) is 0 Å². The summed E-state index contributed by atoms with van der Waals surface area (Å²) in [6.45, 7) is 0.155. The third-order valence-corrected chi connectivity index (χ3v) is 2.90. The first-order chi connectivity index (χ1) is 8.27. The van der Waals surface area contributed by atoms with Crippen LogP contribution in [0.5, 0.6) is 0 Å². The Morgan fingerprint density at radius 1 is 1.29 bits per heavy atom. The van der Waals surface area contributed by atoms with E-state index in [2.05, 4.69) is 4.74 Å². The van der Waals surface area contributed by atoms with Gasteiger partial charge in [-0.3, -0.25) is 4.79 Å². The largest absolute Gasteiger partial charge is 0.469 e. The van der Waals surface area contributed by atoms with Crippen molar-refractivity contribution in [2.45, 2.75) is 31.6 Å². The van der Waals surface area contributed by atoms with Gasteiger partial charge in [0.05, 0.1) is 7.11 Å². The SMILES string of the molecule is COC(=O)CCCCC(CO)c1ccccc1. The summed E-state index contributed by atoms with van der Waals surface area (Å²) in [5, 5.41) is 9.34. The fraction of sp³-hybridized carbons (Fsp3) is 0.500. The van der Waals surface area contributed by atoms with Crippen LogP contribution in [0.15, 0.2) is 30.3 Å². The molecule has 1 unspecified atom stereocenters. The highest BCUT2D eigenvalue weighted by Crippen LogP contribution is 2.21. The molecule has 0 saturated carbocycles. The zero-order chi connectivity index (χ0) is 12.5. The lowest BCUT2D eigenvalue weighted by Crippen LogP contribution is -2.05. The van der Waals surface area contributed by atoms with Crippen LogP contribution in [0.1, 0.15) is 37.2 Å². The van der Waals surface area contributed by atoms with Gasteiger partial charge in [-0.2, -0.15) is 0 Å². The molecule has 1 N–H and O–H groups in total. The van der Waals surface area contributed by atoms with E-state index in [0.717, 1.165) is 24.8 Å². The van der Waals surface area contributed by atoms with Crippen LogP contribution < -0.4 is 0 Å². The van der Waals surface area contributed by atoms with Crippen molar-refractivity contribution in [3.8, 4) is 0 Å². The number of ether oxygens (including phenoxy) is 1. The maximum absolute atomic E-state index is 10.9. The first-order valence-electron chi connectivity index (χ1n) is 6.00. The Labute approximate surface area is 102 Å². The number of carbonyl (C=O) groups excluding carboxylic acids is 1. The Kier molecular flexibility index (Phi) is 6.33. The normalized spacial score (nSPS) is 12.1. The monoisotopic (exact) mass is 236 g/mol. The third kappa shape index (κ3) is 5.00. The summed E-state index contributed by atoms with van der Waals surface area (Å²) in [6.07, 6.45) is 3.10. The molecule has 1 rings (SSSR count). The fourth-order valence-electron chi connectivity index (χ4n) is 1.85. The molecule has 0 radical (unpaired) electrons. The Morgan fingerprint density at radius 3 is 2.59 bits per heavy atom. The second kappa shape index (κ2) is 7.85. The van der Waals surface area contributed by atoms with Crippen molar-refractivity contribution < 1.29 is 14.6 Å². The molecule has 0 amide bonds. The van der Waals surface area contributed by atoms with Crippen molar-refractivity contribution in [2.75, 3.05) is 13.7 Å². The van der Waals surface area contributed by atoms with E-state index in [1.165, 1.54) is 7.11 Å². The number of unbranched alkanes of at least 4 members (excludes halogenated alkanes) is 1. The lowest BCUT2D eigenvalue weighted by Gasteiger charge is -2.14. The minimum Gasteiger partial charge on any atom is -0.469 e. The summed E-state index contributed by atoms with van der Waals surface area (Å²) < 4.78 is 4.58. The van der Waals surface area contributed by atoms with Gasteiger partial charge >= 0.3 is 5.97 Å². The predicted octanol–water partition coefficient (Wildman–Crippen LogP) is 2.50. The van der Waals surface area contributed by atoms with E-state index in [0.29, 0.717) is 6.42 Å². The van der Waals surface area contributed by atoms with E-state index in [4.69, 9.17) is 0 Å². The standard InChI is InChI=1S/C14H20O3/c1-17-14(16)10-6-5-9-13(11-15)12-7-3-2-4-8-12/h2-4,7-8,13,15H,5-6,9-11H2,1H3. The molecule has 0 saturated heterocycles. The number of carbonyl (C=O) groups is 1. The van der Waals surface area contributed by atoms with Crippen molar-refractivity contribution in [3.05, 3.63) is 35.9 Å². The van der Waals surface area contributed by atoms with Crippen LogP contribution in [-0.2, 0) is 9.53 Å². The van der Waals surface area contributed by atoms with Gasteiger partial charge in [-0.25, -0.2) is 0 Å². The number of esters is 1. The number of aliphatic hydroxyl groups is 1. The van der Waals surface area contributed by atoms with Gasteiger partial charge in [0.15, 0.2) is 0 Å². The topological polar surface area (TPSA) is 46.5 Å². The molecule has 17 heavy (non-hydrogen) atoms. The third-order valence-electron chi connectivity index (χ3n) is 2.90. The first-order valence-corrected chi connectivity index (χ1v) is 6.00. The number of aliphatic hydroxyl groups excluding tert-OH is 1. The average Bonchev–Trinajstić information content (AvgIpc) is 2.39. The second-order valence-electron chi connectivity index (χ2n) is 4.11. The molecule has 1 aromatic rings. The van der Waals surface area contributed by atoms with Crippen molar-refractivity contribution in [3.63, 3.8) is 0 Å². The summed E-state index contributed by atoms with van der Waals surface area (Å²) in [5.41, 5.74) is 1.16. The minimum atomic E-state index is -0.162. The highest BCUT2D eigenvalue weighted by molar-refractivity contribution is 5.68. The number of rotatable bonds is 7. The van der Waals surface area contributed by atoms with Gasteiger partial charge in [0, 0.05) is 18.9 Å². The molecule has 1 atom stereocenters. The molecule has 3 heteroatoms. The summed E-state index contributed by atoms with van der Waals surface area (Å²) in [6, 6.07) is 9.98. The molecule has 1 aromatic carbocycles. The van der Waals surface area contributed by atoms with E-state index in [-0.39, 0.29) is 18.5 Å². The van der Waals surface area contributed by atoms with Gasteiger partial charge in [0.25, 0.3) is 0 Å². The Hall–Kier alpha value is -1.35. The lowest BCUT2D eigenvalue weighted by atomic mass is 9.94. The van der Waals surface area contributed by atoms with Crippen LogP contribution in [0.3, 0.4) is 0 Å². The van der Waals surface area contributed by atoms with Gasteiger partial charge in [0.2, 0.25) is 0 Å². The predicted molar refractivity (Wildman–Crippen MR) is 66.8 cm³/mol. The summed E-state index contributed by atoms with van der Waals surface area (Å²) >= 11 is 0. The molecular formula is C14H20O3. The molecule has 0 aliphatic heterocycles. The quantitative estimate of drug-likeness (QED) is 0.584. The smallest absolute Gasteiger partial charge is 0.305 e. The zero-order valence-electron chi connectivity index (χ0n) is 10.3. The Balaban J connectivity index is 2.31.